The van der Waals surface area contributed by atoms with Crippen molar-refractivity contribution >= 4 is 16.5 Å². The maximum Gasteiger partial charge on any atom is 0.123 e. The average Bonchev–Trinajstić information content (AvgIpc) is 2.43. The van der Waals surface area contributed by atoms with Crippen LogP contribution in [-0.2, 0) is 16.6 Å². The van der Waals surface area contributed by atoms with Crippen molar-refractivity contribution in [2.75, 3.05) is 12.8 Å². The van der Waals surface area contributed by atoms with Crippen molar-refractivity contribution in [1.29, 1.82) is 0 Å². The molecule has 3 nitrogen and oxygen atoms in total. The number of halogens is 1. The van der Waals surface area contributed by atoms with Gasteiger partial charge in [0.2, 0.25) is 0 Å². The van der Waals surface area contributed by atoms with Gasteiger partial charge in [-0.25, -0.2) is 4.39 Å². The van der Waals surface area contributed by atoms with Gasteiger partial charge in [0.1, 0.15) is 11.6 Å². The minimum atomic E-state index is -1.35. The second-order valence-corrected chi connectivity index (χ2v) is 5.88. The summed E-state index contributed by atoms with van der Waals surface area (Å²) in [4.78, 5) is 0.507. The van der Waals surface area contributed by atoms with Gasteiger partial charge in [-0.1, -0.05) is 6.07 Å². The molecule has 2 rings (SSSR count). The topological polar surface area (TPSA) is 52.3 Å². The molecule has 0 amide bonds. The van der Waals surface area contributed by atoms with Crippen LogP contribution >= 0.6 is 0 Å². The molecule has 0 heterocycles. The van der Waals surface area contributed by atoms with E-state index in [1.54, 1.807) is 24.3 Å². The molecule has 2 aromatic carbocycles. The second-order valence-electron chi connectivity index (χ2n) is 4.46. The van der Waals surface area contributed by atoms with Crippen LogP contribution in [0.25, 0.3) is 0 Å². The molecule has 106 valence electrons. The number of benzene rings is 2. The zero-order valence-corrected chi connectivity index (χ0v) is 12.2. The van der Waals surface area contributed by atoms with Crippen molar-refractivity contribution in [2.45, 2.75) is 17.6 Å². The van der Waals surface area contributed by atoms with Gasteiger partial charge >= 0.3 is 0 Å². The fourth-order valence-corrected chi connectivity index (χ4v) is 3.18. The largest absolute Gasteiger partial charge is 0.497 e. The summed E-state index contributed by atoms with van der Waals surface area (Å²) in [5, 5.41) is 0. The number of aryl methyl sites for hydroxylation is 1. The van der Waals surface area contributed by atoms with E-state index >= 15 is 0 Å². The molecule has 0 aliphatic carbocycles. The van der Waals surface area contributed by atoms with Crippen molar-refractivity contribution in [3.05, 3.63) is 53.3 Å². The summed E-state index contributed by atoms with van der Waals surface area (Å²) < 4.78 is 30.8. The Labute approximate surface area is 120 Å². The molecular formula is C15H16FNO2S. The zero-order chi connectivity index (χ0) is 14.7. The molecule has 2 aromatic rings. The predicted molar refractivity (Wildman–Crippen MR) is 78.7 cm³/mol. The highest BCUT2D eigenvalue weighted by Crippen LogP contribution is 2.25. The first kappa shape index (κ1) is 14.5. The first-order chi connectivity index (χ1) is 9.51. The fourth-order valence-electron chi connectivity index (χ4n) is 1.85. The lowest BCUT2D eigenvalue weighted by Crippen LogP contribution is -2.03. The number of ether oxygens (including phenoxy) is 1. The Balaban J connectivity index is 2.30. The number of rotatable bonds is 4. The Hall–Kier alpha value is -1.88. The Morgan fingerprint density at radius 3 is 2.70 bits per heavy atom. The minimum absolute atomic E-state index is 0.223. The molecule has 5 heteroatoms. The number of hydrogen-bond acceptors (Lipinski definition) is 3. The van der Waals surface area contributed by atoms with Gasteiger partial charge in [0.15, 0.2) is 0 Å². The van der Waals surface area contributed by atoms with Gasteiger partial charge in [0.05, 0.1) is 28.6 Å². The summed E-state index contributed by atoms with van der Waals surface area (Å²) in [7, 11) is 0.189. The van der Waals surface area contributed by atoms with E-state index in [1.165, 1.54) is 19.2 Å². The van der Waals surface area contributed by atoms with Gasteiger partial charge in [-0.05, 0) is 48.4 Å². The van der Waals surface area contributed by atoms with Crippen LogP contribution in [0.5, 0.6) is 5.75 Å². The van der Waals surface area contributed by atoms with Crippen molar-refractivity contribution in [3.8, 4) is 5.75 Å². The summed E-state index contributed by atoms with van der Waals surface area (Å²) in [6.07, 6.45) is 0. The summed E-state index contributed by atoms with van der Waals surface area (Å²) in [5.41, 5.74) is 7.90. The molecule has 0 saturated carbocycles. The van der Waals surface area contributed by atoms with Gasteiger partial charge in [-0.15, -0.1) is 0 Å². The van der Waals surface area contributed by atoms with Crippen LogP contribution in [0.15, 0.2) is 41.3 Å². The van der Waals surface area contributed by atoms with E-state index in [4.69, 9.17) is 10.5 Å². The summed E-state index contributed by atoms with van der Waals surface area (Å²) >= 11 is 0. The smallest absolute Gasteiger partial charge is 0.123 e. The molecule has 0 radical (unpaired) electrons. The molecule has 0 aromatic heterocycles. The summed E-state index contributed by atoms with van der Waals surface area (Å²) in [5.74, 6) is 0.487. The van der Waals surface area contributed by atoms with Gasteiger partial charge < -0.3 is 10.5 Å². The molecule has 0 saturated heterocycles. The first-order valence-electron chi connectivity index (χ1n) is 6.08. The molecule has 0 aliphatic rings. The van der Waals surface area contributed by atoms with E-state index in [1.807, 2.05) is 6.92 Å². The molecule has 0 spiro atoms. The van der Waals surface area contributed by atoms with E-state index < -0.39 is 10.8 Å². The number of nitrogen functional groups attached to an aromatic ring is 1. The number of hydrogen-bond donors (Lipinski definition) is 1. The van der Waals surface area contributed by atoms with Crippen LogP contribution in [0.1, 0.15) is 11.1 Å². The Morgan fingerprint density at radius 2 is 2.00 bits per heavy atom. The third-order valence-electron chi connectivity index (χ3n) is 3.06. The number of anilines is 1. The van der Waals surface area contributed by atoms with E-state index in [-0.39, 0.29) is 11.6 Å². The predicted octanol–water partition coefficient (Wildman–Crippen LogP) is 3.03. The van der Waals surface area contributed by atoms with Crippen molar-refractivity contribution < 1.29 is 13.3 Å². The van der Waals surface area contributed by atoms with Crippen molar-refractivity contribution in [1.82, 2.24) is 0 Å². The Morgan fingerprint density at radius 1 is 1.25 bits per heavy atom. The van der Waals surface area contributed by atoms with Crippen LogP contribution in [0.4, 0.5) is 10.1 Å². The minimum Gasteiger partial charge on any atom is -0.497 e. The number of methoxy groups -OCH3 is 1. The lowest BCUT2D eigenvalue weighted by molar-refractivity contribution is 0.413. The average molecular weight is 293 g/mol. The normalized spacial score (nSPS) is 12.2. The molecule has 1 unspecified atom stereocenters. The molecule has 0 bridgehead atoms. The second kappa shape index (κ2) is 6.05. The Kier molecular flexibility index (Phi) is 4.39. The lowest BCUT2D eigenvalue weighted by Gasteiger charge is -2.10. The van der Waals surface area contributed by atoms with Crippen LogP contribution in [0.2, 0.25) is 0 Å². The fraction of sp³-hybridized carbons (Fsp3) is 0.200. The van der Waals surface area contributed by atoms with Gasteiger partial charge in [-0.3, -0.25) is 4.21 Å². The highest BCUT2D eigenvalue weighted by molar-refractivity contribution is 7.84. The first-order valence-corrected chi connectivity index (χ1v) is 7.40. The van der Waals surface area contributed by atoms with Crippen LogP contribution < -0.4 is 10.5 Å². The Bertz CT molecular complexity index is 658. The van der Waals surface area contributed by atoms with Crippen molar-refractivity contribution in [3.63, 3.8) is 0 Å². The monoisotopic (exact) mass is 293 g/mol. The molecule has 2 N–H and O–H groups in total. The number of nitrogens with two attached hydrogens (primary N) is 1. The third kappa shape index (κ3) is 3.17. The molecule has 0 fully saturated rings. The molecule has 20 heavy (non-hydrogen) atoms. The quantitative estimate of drug-likeness (QED) is 0.882. The van der Waals surface area contributed by atoms with E-state index in [0.717, 1.165) is 5.56 Å². The van der Waals surface area contributed by atoms with Gasteiger partial charge in [0.25, 0.3) is 0 Å². The zero-order valence-electron chi connectivity index (χ0n) is 11.4. The van der Waals surface area contributed by atoms with Crippen LogP contribution in [0.3, 0.4) is 0 Å². The molecular weight excluding hydrogens is 277 g/mol. The summed E-state index contributed by atoms with van der Waals surface area (Å²) in [6.45, 7) is 1.86. The highest BCUT2D eigenvalue weighted by atomic mass is 32.2. The summed E-state index contributed by atoms with van der Waals surface area (Å²) in [6, 6.07) is 9.50. The SMILES string of the molecule is COc1ccc(N)c(S(=O)Cc2cc(F)ccc2C)c1. The standard InChI is InChI=1S/C15H16FNO2S/c1-10-3-4-12(16)7-11(10)9-20(18)15-8-13(19-2)5-6-14(15)17/h3-8H,9,17H2,1-2H3. The molecule has 0 aliphatic heterocycles. The molecule has 1 atom stereocenters. The van der Waals surface area contributed by atoms with Gasteiger partial charge in [0, 0.05) is 5.69 Å². The third-order valence-corrected chi connectivity index (χ3v) is 4.48. The lowest BCUT2D eigenvalue weighted by atomic mass is 10.1. The van der Waals surface area contributed by atoms with Crippen molar-refractivity contribution in [2.24, 2.45) is 0 Å². The maximum atomic E-state index is 13.3. The van der Waals surface area contributed by atoms with E-state index in [9.17, 15) is 8.60 Å². The van der Waals surface area contributed by atoms with E-state index in [0.29, 0.717) is 21.9 Å². The van der Waals surface area contributed by atoms with E-state index in [2.05, 4.69) is 0 Å². The highest BCUT2D eigenvalue weighted by Gasteiger charge is 2.12. The van der Waals surface area contributed by atoms with Crippen LogP contribution in [0, 0.1) is 12.7 Å². The van der Waals surface area contributed by atoms with Crippen LogP contribution in [-0.4, -0.2) is 11.3 Å². The van der Waals surface area contributed by atoms with Gasteiger partial charge in [-0.2, -0.15) is 0 Å². The maximum absolute atomic E-state index is 13.3.